The van der Waals surface area contributed by atoms with Crippen LogP contribution >= 0.6 is 11.6 Å². The van der Waals surface area contributed by atoms with Crippen molar-refractivity contribution >= 4 is 22.6 Å². The quantitative estimate of drug-likeness (QED) is 0.674. The monoisotopic (exact) mass is 261 g/mol. The van der Waals surface area contributed by atoms with E-state index in [2.05, 4.69) is 10.2 Å². The zero-order chi connectivity index (χ0) is 12.7. The molecule has 5 nitrogen and oxygen atoms in total. The highest BCUT2D eigenvalue weighted by molar-refractivity contribution is 6.31. The number of nitrogens with zero attached hydrogens (tertiary/aromatic N) is 3. The van der Waals surface area contributed by atoms with Crippen LogP contribution in [0, 0.1) is 0 Å². The lowest BCUT2D eigenvalue weighted by atomic mass is 10.2. The van der Waals surface area contributed by atoms with Crippen molar-refractivity contribution in [3.05, 3.63) is 45.7 Å². The minimum atomic E-state index is -0.153. The maximum Gasteiger partial charge on any atom is 0.193 e. The fourth-order valence-corrected chi connectivity index (χ4v) is 1.89. The SMILES string of the molecule is Cn1ncc(-c2cc(=O)c3cc(Cl)ccc3o2)n1. The summed E-state index contributed by atoms with van der Waals surface area (Å²) in [6, 6.07) is 6.32. The Morgan fingerprint density at radius 1 is 1.33 bits per heavy atom. The molecule has 0 atom stereocenters. The van der Waals surface area contributed by atoms with E-state index in [9.17, 15) is 4.79 Å². The van der Waals surface area contributed by atoms with Gasteiger partial charge >= 0.3 is 0 Å². The minimum absolute atomic E-state index is 0.153. The molecule has 0 aliphatic carbocycles. The molecule has 0 radical (unpaired) electrons. The van der Waals surface area contributed by atoms with E-state index in [-0.39, 0.29) is 5.43 Å². The topological polar surface area (TPSA) is 60.9 Å². The molecular weight excluding hydrogens is 254 g/mol. The Bertz CT molecular complexity index is 791. The molecule has 0 unspecified atom stereocenters. The van der Waals surface area contributed by atoms with Gasteiger partial charge in [0.05, 0.1) is 11.6 Å². The normalized spacial score (nSPS) is 11.0. The fourth-order valence-electron chi connectivity index (χ4n) is 1.71. The van der Waals surface area contributed by atoms with E-state index in [1.807, 2.05) is 0 Å². The second-order valence-corrected chi connectivity index (χ2v) is 4.27. The molecule has 1 aromatic carbocycles. The smallest absolute Gasteiger partial charge is 0.193 e. The number of aromatic nitrogens is 3. The van der Waals surface area contributed by atoms with Crippen molar-refractivity contribution < 1.29 is 4.42 Å². The van der Waals surface area contributed by atoms with Gasteiger partial charge in [0.15, 0.2) is 11.2 Å². The molecule has 0 spiro atoms. The van der Waals surface area contributed by atoms with Gasteiger partial charge in [-0.2, -0.15) is 15.0 Å². The summed E-state index contributed by atoms with van der Waals surface area (Å²) in [4.78, 5) is 13.4. The van der Waals surface area contributed by atoms with Crippen LogP contribution in [-0.2, 0) is 7.05 Å². The van der Waals surface area contributed by atoms with Crippen LogP contribution in [0.2, 0.25) is 5.02 Å². The molecule has 6 heteroatoms. The highest BCUT2D eigenvalue weighted by Crippen LogP contribution is 2.21. The Morgan fingerprint density at radius 3 is 2.89 bits per heavy atom. The number of benzene rings is 1. The predicted molar refractivity (Wildman–Crippen MR) is 67.5 cm³/mol. The van der Waals surface area contributed by atoms with Crippen molar-refractivity contribution in [2.45, 2.75) is 0 Å². The van der Waals surface area contributed by atoms with E-state index in [0.717, 1.165) is 0 Å². The molecule has 0 amide bonds. The van der Waals surface area contributed by atoms with Crippen molar-refractivity contribution in [2.24, 2.45) is 7.05 Å². The summed E-state index contributed by atoms with van der Waals surface area (Å²) < 4.78 is 5.62. The van der Waals surface area contributed by atoms with Crippen LogP contribution in [0.15, 0.2) is 39.7 Å². The summed E-state index contributed by atoms with van der Waals surface area (Å²) in [7, 11) is 1.70. The lowest BCUT2D eigenvalue weighted by Gasteiger charge is -2.00. The maximum absolute atomic E-state index is 12.0. The molecule has 0 aliphatic rings. The van der Waals surface area contributed by atoms with Gasteiger partial charge in [-0.1, -0.05) is 11.6 Å². The lowest BCUT2D eigenvalue weighted by Crippen LogP contribution is -2.00. The van der Waals surface area contributed by atoms with Crippen LogP contribution < -0.4 is 5.43 Å². The van der Waals surface area contributed by atoms with Crippen molar-refractivity contribution in [1.29, 1.82) is 0 Å². The largest absolute Gasteiger partial charge is 0.454 e. The van der Waals surface area contributed by atoms with Crippen LogP contribution in [0.5, 0.6) is 0 Å². The van der Waals surface area contributed by atoms with Crippen LogP contribution in [0.1, 0.15) is 0 Å². The molecule has 0 aliphatic heterocycles. The first-order valence-electron chi connectivity index (χ1n) is 5.23. The second kappa shape index (κ2) is 3.96. The summed E-state index contributed by atoms with van der Waals surface area (Å²) in [6.07, 6.45) is 1.54. The van der Waals surface area contributed by atoms with E-state index in [4.69, 9.17) is 16.0 Å². The van der Waals surface area contributed by atoms with Crippen molar-refractivity contribution in [3.8, 4) is 11.5 Å². The van der Waals surface area contributed by atoms with Crippen LogP contribution in [0.4, 0.5) is 0 Å². The maximum atomic E-state index is 12.0. The molecule has 0 N–H and O–H groups in total. The summed E-state index contributed by atoms with van der Waals surface area (Å²) >= 11 is 5.84. The highest BCUT2D eigenvalue weighted by Gasteiger charge is 2.09. The van der Waals surface area contributed by atoms with Gasteiger partial charge < -0.3 is 4.42 Å². The molecule has 2 aromatic heterocycles. The van der Waals surface area contributed by atoms with Gasteiger partial charge in [-0.15, -0.1) is 0 Å². The van der Waals surface area contributed by atoms with Gasteiger partial charge in [0.25, 0.3) is 0 Å². The molecule has 0 fully saturated rings. The first-order chi connectivity index (χ1) is 8.63. The van der Waals surface area contributed by atoms with Gasteiger partial charge in [0.2, 0.25) is 0 Å². The summed E-state index contributed by atoms with van der Waals surface area (Å²) in [5.41, 5.74) is 0.846. The molecule has 2 heterocycles. The third-order valence-electron chi connectivity index (χ3n) is 2.54. The molecule has 3 aromatic rings. The van der Waals surface area contributed by atoms with E-state index in [0.29, 0.717) is 27.4 Å². The highest BCUT2D eigenvalue weighted by atomic mass is 35.5. The second-order valence-electron chi connectivity index (χ2n) is 3.83. The average molecular weight is 262 g/mol. The van der Waals surface area contributed by atoms with E-state index < -0.39 is 0 Å². The number of aryl methyl sites for hydroxylation is 1. The van der Waals surface area contributed by atoms with Crippen molar-refractivity contribution in [3.63, 3.8) is 0 Å². The molecule has 0 saturated heterocycles. The zero-order valence-electron chi connectivity index (χ0n) is 9.42. The third-order valence-corrected chi connectivity index (χ3v) is 2.78. The predicted octanol–water partition coefficient (Wildman–Crippen LogP) is 2.24. The fraction of sp³-hybridized carbons (Fsp3) is 0.0833. The van der Waals surface area contributed by atoms with E-state index >= 15 is 0 Å². The standard InChI is InChI=1S/C12H8ClN3O2/c1-16-14-6-9(15-16)12-5-10(17)8-4-7(13)2-3-11(8)18-12/h2-6H,1H3. The van der Waals surface area contributed by atoms with E-state index in [1.54, 1.807) is 31.4 Å². The molecule has 18 heavy (non-hydrogen) atoms. The number of halogens is 1. The summed E-state index contributed by atoms with van der Waals surface area (Å²) in [5, 5.41) is 8.99. The first-order valence-corrected chi connectivity index (χ1v) is 5.61. The Hall–Kier alpha value is -2.14. The number of hydrogen-bond donors (Lipinski definition) is 0. The summed E-state index contributed by atoms with van der Waals surface area (Å²) in [5.74, 6) is 0.392. The number of fused-ring (bicyclic) bond motifs is 1. The lowest BCUT2D eigenvalue weighted by molar-refractivity contribution is 0.608. The first kappa shape index (κ1) is 11.0. The molecular formula is C12H8ClN3O2. The molecule has 0 saturated carbocycles. The average Bonchev–Trinajstić information content (AvgIpc) is 2.77. The van der Waals surface area contributed by atoms with Gasteiger partial charge in [-0.05, 0) is 18.2 Å². The van der Waals surface area contributed by atoms with Gasteiger partial charge in [-0.3, -0.25) is 4.79 Å². The van der Waals surface area contributed by atoms with Crippen LogP contribution in [0.3, 0.4) is 0 Å². The Balaban J connectivity index is 2.28. The van der Waals surface area contributed by atoms with Crippen LogP contribution in [-0.4, -0.2) is 15.0 Å². The third kappa shape index (κ3) is 1.78. The Labute approximate surface area is 107 Å². The number of hydrogen-bond acceptors (Lipinski definition) is 4. The Kier molecular flexibility index (Phi) is 2.41. The molecule has 3 rings (SSSR count). The van der Waals surface area contributed by atoms with Crippen molar-refractivity contribution in [1.82, 2.24) is 15.0 Å². The Morgan fingerprint density at radius 2 is 2.17 bits per heavy atom. The zero-order valence-corrected chi connectivity index (χ0v) is 10.2. The minimum Gasteiger partial charge on any atom is -0.454 e. The number of rotatable bonds is 1. The summed E-state index contributed by atoms with van der Waals surface area (Å²) in [6.45, 7) is 0. The van der Waals surface area contributed by atoms with Crippen molar-refractivity contribution in [2.75, 3.05) is 0 Å². The van der Waals surface area contributed by atoms with Gasteiger partial charge in [0.1, 0.15) is 11.3 Å². The molecule has 0 bridgehead atoms. The van der Waals surface area contributed by atoms with Gasteiger partial charge in [-0.25, -0.2) is 0 Å². The van der Waals surface area contributed by atoms with Gasteiger partial charge in [0, 0.05) is 18.1 Å². The van der Waals surface area contributed by atoms with E-state index in [1.165, 1.54) is 10.9 Å². The van der Waals surface area contributed by atoms with Crippen LogP contribution in [0.25, 0.3) is 22.4 Å². The molecule has 90 valence electrons.